The second kappa shape index (κ2) is 8.96. The van der Waals surface area contributed by atoms with Crippen LogP contribution in [0.3, 0.4) is 0 Å². The summed E-state index contributed by atoms with van der Waals surface area (Å²) in [5, 5.41) is 10.9. The van der Waals surface area contributed by atoms with Crippen LogP contribution in [0.4, 0.5) is 16.2 Å². The van der Waals surface area contributed by atoms with Gasteiger partial charge < -0.3 is 10.6 Å². The van der Waals surface area contributed by atoms with Crippen molar-refractivity contribution in [1.82, 2.24) is 19.6 Å². The van der Waals surface area contributed by atoms with Gasteiger partial charge in [0.25, 0.3) is 5.78 Å². The van der Waals surface area contributed by atoms with Crippen molar-refractivity contribution in [2.45, 2.75) is 36.6 Å². The maximum absolute atomic E-state index is 12.2. The van der Waals surface area contributed by atoms with Gasteiger partial charge in [0.15, 0.2) is 0 Å². The van der Waals surface area contributed by atoms with E-state index in [1.807, 2.05) is 55.5 Å². The summed E-state index contributed by atoms with van der Waals surface area (Å²) in [6, 6.07) is 17.2. The lowest BCUT2D eigenvalue weighted by Crippen LogP contribution is -2.19. The molecular weight excluding hydrogens is 396 g/mol. The molecule has 2 aromatic carbocycles. The van der Waals surface area contributed by atoms with Crippen LogP contribution in [-0.2, 0) is 6.42 Å². The fraction of sp³-hybridized carbons (Fsp3) is 0.182. The Labute approximate surface area is 179 Å². The molecule has 0 fully saturated rings. The van der Waals surface area contributed by atoms with Crippen LogP contribution in [0.1, 0.15) is 24.6 Å². The van der Waals surface area contributed by atoms with E-state index in [4.69, 9.17) is 0 Å². The number of amides is 2. The number of aryl methyl sites for hydroxylation is 2. The number of aromatic nitrogens is 4. The van der Waals surface area contributed by atoms with Gasteiger partial charge in [0.2, 0.25) is 0 Å². The van der Waals surface area contributed by atoms with Gasteiger partial charge >= 0.3 is 6.03 Å². The molecule has 0 saturated carbocycles. The average molecular weight is 419 g/mol. The number of benzene rings is 2. The van der Waals surface area contributed by atoms with Gasteiger partial charge in [0.1, 0.15) is 11.4 Å². The molecule has 2 heterocycles. The zero-order valence-corrected chi connectivity index (χ0v) is 17.6. The van der Waals surface area contributed by atoms with Gasteiger partial charge in [-0.25, -0.2) is 9.78 Å². The molecule has 2 N–H and O–H groups in total. The van der Waals surface area contributed by atoms with Crippen molar-refractivity contribution in [3.8, 4) is 0 Å². The van der Waals surface area contributed by atoms with Crippen LogP contribution in [0.2, 0.25) is 0 Å². The molecule has 4 aromatic rings. The van der Waals surface area contributed by atoms with E-state index in [1.165, 1.54) is 6.33 Å². The van der Waals surface area contributed by atoms with Gasteiger partial charge in [0.05, 0.1) is 0 Å². The number of anilines is 2. The summed E-state index contributed by atoms with van der Waals surface area (Å²) in [7, 11) is 0. The van der Waals surface area contributed by atoms with Gasteiger partial charge in [-0.2, -0.15) is 14.6 Å². The summed E-state index contributed by atoms with van der Waals surface area (Å²) >= 11 is 1.59. The van der Waals surface area contributed by atoms with Crippen LogP contribution in [0.25, 0.3) is 5.78 Å². The van der Waals surface area contributed by atoms with E-state index >= 15 is 0 Å². The number of hydrogen-bond donors (Lipinski definition) is 2. The number of fused-ring (bicyclic) bond motifs is 1. The monoisotopic (exact) mass is 418 g/mol. The van der Waals surface area contributed by atoms with Crippen molar-refractivity contribution in [1.29, 1.82) is 0 Å². The first-order valence-electron chi connectivity index (χ1n) is 9.73. The lowest BCUT2D eigenvalue weighted by atomic mass is 10.2. The van der Waals surface area contributed by atoms with Crippen molar-refractivity contribution >= 4 is 34.9 Å². The molecule has 0 aliphatic carbocycles. The van der Waals surface area contributed by atoms with Gasteiger partial charge in [0, 0.05) is 22.0 Å². The molecule has 0 saturated heterocycles. The molecule has 152 valence electrons. The highest BCUT2D eigenvalue weighted by Gasteiger charge is 2.10. The molecule has 30 heavy (non-hydrogen) atoms. The average Bonchev–Trinajstić information content (AvgIpc) is 3.19. The SMILES string of the molecule is CCCc1cc(Sc2ccc(NC(=O)Nc3cccc(C)c3)cc2)n2ncnc2n1. The Bertz CT molecular complexity index is 1170. The van der Waals surface area contributed by atoms with E-state index in [9.17, 15) is 4.79 Å². The highest BCUT2D eigenvalue weighted by Crippen LogP contribution is 2.29. The third kappa shape index (κ3) is 4.77. The Hall–Kier alpha value is -3.39. The Balaban J connectivity index is 1.44. The molecule has 0 atom stereocenters. The van der Waals surface area contributed by atoms with Gasteiger partial charge in [-0.3, -0.25) is 0 Å². The van der Waals surface area contributed by atoms with Gasteiger partial charge in [-0.1, -0.05) is 37.2 Å². The second-order valence-electron chi connectivity index (χ2n) is 6.88. The van der Waals surface area contributed by atoms with Crippen molar-refractivity contribution < 1.29 is 4.79 Å². The van der Waals surface area contributed by atoms with Crippen molar-refractivity contribution in [2.24, 2.45) is 0 Å². The van der Waals surface area contributed by atoms with Crippen LogP contribution in [0, 0.1) is 6.92 Å². The van der Waals surface area contributed by atoms with E-state index in [1.54, 1.807) is 16.3 Å². The molecule has 2 amide bonds. The largest absolute Gasteiger partial charge is 0.323 e. The van der Waals surface area contributed by atoms with Crippen LogP contribution < -0.4 is 10.6 Å². The lowest BCUT2D eigenvalue weighted by molar-refractivity contribution is 0.262. The Morgan fingerprint density at radius 2 is 1.87 bits per heavy atom. The van der Waals surface area contributed by atoms with Crippen molar-refractivity contribution in [3.63, 3.8) is 0 Å². The van der Waals surface area contributed by atoms with Crippen LogP contribution >= 0.6 is 11.8 Å². The fourth-order valence-corrected chi connectivity index (χ4v) is 3.96. The minimum absolute atomic E-state index is 0.274. The third-order valence-electron chi connectivity index (χ3n) is 4.39. The van der Waals surface area contributed by atoms with Crippen LogP contribution in [0.15, 0.2) is 70.8 Å². The van der Waals surface area contributed by atoms with E-state index < -0.39 is 0 Å². The molecule has 7 nitrogen and oxygen atoms in total. The molecule has 8 heteroatoms. The molecule has 0 aliphatic heterocycles. The highest BCUT2D eigenvalue weighted by atomic mass is 32.2. The molecule has 0 unspecified atom stereocenters. The quantitative estimate of drug-likeness (QED) is 0.422. The van der Waals surface area contributed by atoms with Gasteiger partial charge in [-0.15, -0.1) is 0 Å². The standard InChI is InChI=1S/C22H22N6OS/c1-3-5-17-13-20(28-21(25-17)23-14-24-28)30-19-10-8-16(9-11-19)26-22(29)27-18-7-4-6-15(2)12-18/h4,6-14H,3,5H2,1-2H3,(H2,26,27,29). The minimum atomic E-state index is -0.274. The molecule has 0 aliphatic rings. The van der Waals surface area contributed by atoms with E-state index in [0.29, 0.717) is 5.78 Å². The second-order valence-corrected chi connectivity index (χ2v) is 7.98. The van der Waals surface area contributed by atoms with Crippen LogP contribution in [-0.4, -0.2) is 25.6 Å². The number of rotatable bonds is 6. The summed E-state index contributed by atoms with van der Waals surface area (Å²) in [5.74, 6) is 0.606. The maximum Gasteiger partial charge on any atom is 0.323 e. The number of nitrogens with zero attached hydrogens (tertiary/aromatic N) is 4. The number of carbonyl (C=O) groups excluding carboxylic acids is 1. The summed E-state index contributed by atoms with van der Waals surface area (Å²) in [4.78, 5) is 22.0. The zero-order chi connectivity index (χ0) is 20.9. The fourth-order valence-electron chi connectivity index (χ4n) is 3.03. The Morgan fingerprint density at radius 1 is 1.07 bits per heavy atom. The third-order valence-corrected chi connectivity index (χ3v) is 5.40. The molecule has 0 bridgehead atoms. The first-order valence-corrected chi connectivity index (χ1v) is 10.5. The highest BCUT2D eigenvalue weighted by molar-refractivity contribution is 7.99. The van der Waals surface area contributed by atoms with E-state index in [0.717, 1.165) is 45.4 Å². The minimum Gasteiger partial charge on any atom is -0.308 e. The number of nitrogens with one attached hydrogen (secondary N) is 2. The van der Waals surface area contributed by atoms with Crippen molar-refractivity contribution in [3.05, 3.63) is 72.2 Å². The Morgan fingerprint density at radius 3 is 2.63 bits per heavy atom. The summed E-state index contributed by atoms with van der Waals surface area (Å²) in [6.45, 7) is 4.11. The summed E-state index contributed by atoms with van der Waals surface area (Å²) in [5.41, 5.74) is 3.58. The lowest BCUT2D eigenvalue weighted by Gasteiger charge is -2.09. The summed E-state index contributed by atoms with van der Waals surface area (Å²) in [6.07, 6.45) is 3.43. The molecular formula is C22H22N6OS. The molecule has 2 aromatic heterocycles. The van der Waals surface area contributed by atoms with Gasteiger partial charge in [-0.05, 0) is 61.4 Å². The van der Waals surface area contributed by atoms with E-state index in [2.05, 4.69) is 38.7 Å². The molecule has 0 radical (unpaired) electrons. The smallest absolute Gasteiger partial charge is 0.308 e. The molecule has 4 rings (SSSR count). The van der Waals surface area contributed by atoms with Crippen molar-refractivity contribution in [2.75, 3.05) is 10.6 Å². The Kier molecular flexibility index (Phi) is 5.94. The molecule has 0 spiro atoms. The summed E-state index contributed by atoms with van der Waals surface area (Å²) < 4.78 is 1.74. The maximum atomic E-state index is 12.2. The predicted molar refractivity (Wildman–Crippen MR) is 119 cm³/mol. The van der Waals surface area contributed by atoms with E-state index in [-0.39, 0.29) is 6.03 Å². The zero-order valence-electron chi connectivity index (χ0n) is 16.8. The van der Waals surface area contributed by atoms with Crippen LogP contribution in [0.5, 0.6) is 0 Å². The first-order chi connectivity index (χ1) is 14.6. The number of carbonyl (C=O) groups is 1. The topological polar surface area (TPSA) is 84.2 Å². The normalized spacial score (nSPS) is 10.9. The first kappa shape index (κ1) is 19.9. The number of urea groups is 1. The predicted octanol–water partition coefficient (Wildman–Crippen LogP) is 5.18. The number of hydrogen-bond acceptors (Lipinski definition) is 5.